The third-order valence-corrected chi connectivity index (χ3v) is 2.53. The van der Waals surface area contributed by atoms with Crippen LogP contribution in [0.25, 0.3) is 0 Å². The Morgan fingerprint density at radius 2 is 2.07 bits per heavy atom. The van der Waals surface area contributed by atoms with Gasteiger partial charge in [0.2, 0.25) is 0 Å². The van der Waals surface area contributed by atoms with E-state index in [1.807, 2.05) is 6.92 Å². The molecule has 2 nitrogen and oxygen atoms in total. The van der Waals surface area contributed by atoms with E-state index in [1.54, 1.807) is 0 Å². The molecule has 0 aliphatic carbocycles. The molecule has 0 saturated heterocycles. The SMILES string of the molecule is C#CCOC(=O)C(CC)CCCCCC. The molecule has 2 heteroatoms. The minimum Gasteiger partial charge on any atom is -0.452 e. The first kappa shape index (κ1) is 14.0. The molecule has 0 bridgehead atoms. The van der Waals surface area contributed by atoms with Gasteiger partial charge in [0.1, 0.15) is 0 Å². The topological polar surface area (TPSA) is 26.3 Å². The Balaban J connectivity index is 3.71. The van der Waals surface area contributed by atoms with Crippen molar-refractivity contribution in [2.75, 3.05) is 6.61 Å². The van der Waals surface area contributed by atoms with E-state index in [-0.39, 0.29) is 18.5 Å². The average Bonchev–Trinajstić information content (AvgIpc) is 2.26. The van der Waals surface area contributed by atoms with Crippen molar-refractivity contribution < 1.29 is 9.53 Å². The van der Waals surface area contributed by atoms with Crippen molar-refractivity contribution in [3.05, 3.63) is 0 Å². The summed E-state index contributed by atoms with van der Waals surface area (Å²) < 4.78 is 4.93. The van der Waals surface area contributed by atoms with Gasteiger partial charge in [-0.05, 0) is 12.8 Å². The van der Waals surface area contributed by atoms with E-state index in [4.69, 9.17) is 11.2 Å². The number of unbranched alkanes of at least 4 members (excludes halogenated alkanes) is 3. The van der Waals surface area contributed by atoms with E-state index in [0.29, 0.717) is 0 Å². The van der Waals surface area contributed by atoms with Gasteiger partial charge in [-0.25, -0.2) is 0 Å². The number of terminal acetylenes is 1. The second-order valence-corrected chi connectivity index (χ2v) is 3.77. The van der Waals surface area contributed by atoms with Crippen molar-refractivity contribution in [1.82, 2.24) is 0 Å². The lowest BCUT2D eigenvalue weighted by molar-refractivity contribution is -0.147. The number of esters is 1. The Bertz CT molecular complexity index is 203. The molecule has 0 aromatic heterocycles. The molecule has 0 N–H and O–H groups in total. The molecule has 0 aromatic carbocycles. The molecular weight excluding hydrogens is 188 g/mol. The summed E-state index contributed by atoms with van der Waals surface area (Å²) in [7, 11) is 0. The Labute approximate surface area is 93.4 Å². The molecule has 0 fully saturated rings. The highest BCUT2D eigenvalue weighted by Crippen LogP contribution is 2.15. The normalized spacial score (nSPS) is 11.8. The van der Waals surface area contributed by atoms with Gasteiger partial charge < -0.3 is 4.74 Å². The summed E-state index contributed by atoms with van der Waals surface area (Å²) in [6.45, 7) is 4.30. The molecule has 0 rings (SSSR count). The largest absolute Gasteiger partial charge is 0.452 e. The van der Waals surface area contributed by atoms with Crippen molar-refractivity contribution in [2.45, 2.75) is 52.4 Å². The molecular formula is C13H22O2. The van der Waals surface area contributed by atoms with Crippen LogP contribution in [0.2, 0.25) is 0 Å². The van der Waals surface area contributed by atoms with Crippen LogP contribution in [0.5, 0.6) is 0 Å². The fourth-order valence-electron chi connectivity index (χ4n) is 1.54. The quantitative estimate of drug-likeness (QED) is 0.349. The summed E-state index contributed by atoms with van der Waals surface area (Å²) in [4.78, 5) is 11.5. The van der Waals surface area contributed by atoms with Gasteiger partial charge >= 0.3 is 5.97 Å². The molecule has 0 spiro atoms. The van der Waals surface area contributed by atoms with Crippen LogP contribution in [0, 0.1) is 18.3 Å². The number of carbonyl (C=O) groups excluding carboxylic acids is 1. The fourth-order valence-corrected chi connectivity index (χ4v) is 1.54. The summed E-state index contributed by atoms with van der Waals surface area (Å²) in [6.07, 6.45) is 11.6. The minimum absolute atomic E-state index is 0.0372. The summed E-state index contributed by atoms with van der Waals surface area (Å²) in [5.74, 6) is 2.22. The highest BCUT2D eigenvalue weighted by Gasteiger charge is 2.16. The zero-order valence-electron chi connectivity index (χ0n) is 9.92. The smallest absolute Gasteiger partial charge is 0.309 e. The lowest BCUT2D eigenvalue weighted by Gasteiger charge is -2.12. The Morgan fingerprint density at radius 3 is 2.60 bits per heavy atom. The first-order valence-electron chi connectivity index (χ1n) is 5.86. The van der Waals surface area contributed by atoms with E-state index < -0.39 is 0 Å². The Kier molecular flexibility index (Phi) is 8.96. The number of carbonyl (C=O) groups is 1. The van der Waals surface area contributed by atoms with E-state index in [9.17, 15) is 4.79 Å². The summed E-state index contributed by atoms with van der Waals surface area (Å²) in [6, 6.07) is 0. The molecule has 0 heterocycles. The third-order valence-electron chi connectivity index (χ3n) is 2.53. The minimum atomic E-state index is -0.132. The van der Waals surface area contributed by atoms with Gasteiger partial charge in [0.15, 0.2) is 6.61 Å². The van der Waals surface area contributed by atoms with Gasteiger partial charge in [-0.1, -0.05) is 45.5 Å². The van der Waals surface area contributed by atoms with Gasteiger partial charge in [0.05, 0.1) is 5.92 Å². The predicted octanol–water partition coefficient (Wildman–Crippen LogP) is 3.16. The molecule has 0 saturated carbocycles. The van der Waals surface area contributed by atoms with Crippen LogP contribution in [0.4, 0.5) is 0 Å². The van der Waals surface area contributed by atoms with Crippen LogP contribution >= 0.6 is 0 Å². The highest BCUT2D eigenvalue weighted by atomic mass is 16.5. The van der Waals surface area contributed by atoms with Crippen molar-refractivity contribution in [1.29, 1.82) is 0 Å². The zero-order chi connectivity index (χ0) is 11.5. The number of ether oxygens (including phenoxy) is 1. The van der Waals surface area contributed by atoms with Gasteiger partial charge in [0.25, 0.3) is 0 Å². The van der Waals surface area contributed by atoms with Gasteiger partial charge in [-0.2, -0.15) is 0 Å². The monoisotopic (exact) mass is 210 g/mol. The van der Waals surface area contributed by atoms with Crippen LogP contribution in [0.3, 0.4) is 0 Å². The molecule has 0 aliphatic rings. The van der Waals surface area contributed by atoms with Crippen molar-refractivity contribution in [3.63, 3.8) is 0 Å². The molecule has 0 aromatic rings. The molecule has 0 amide bonds. The van der Waals surface area contributed by atoms with E-state index in [2.05, 4.69) is 12.8 Å². The summed E-state index contributed by atoms with van der Waals surface area (Å²) in [5.41, 5.74) is 0. The van der Waals surface area contributed by atoms with Gasteiger partial charge in [-0.15, -0.1) is 6.42 Å². The van der Waals surface area contributed by atoms with Crippen LogP contribution in [-0.2, 0) is 9.53 Å². The first-order chi connectivity index (χ1) is 7.26. The lowest BCUT2D eigenvalue weighted by Crippen LogP contribution is -2.17. The molecule has 0 aliphatic heterocycles. The average molecular weight is 210 g/mol. The summed E-state index contributed by atoms with van der Waals surface area (Å²) >= 11 is 0. The van der Waals surface area contributed by atoms with Crippen LogP contribution in [0.15, 0.2) is 0 Å². The maximum absolute atomic E-state index is 11.5. The van der Waals surface area contributed by atoms with Crippen LogP contribution in [-0.4, -0.2) is 12.6 Å². The maximum atomic E-state index is 11.5. The predicted molar refractivity (Wildman–Crippen MR) is 62.3 cm³/mol. The Morgan fingerprint density at radius 1 is 1.33 bits per heavy atom. The van der Waals surface area contributed by atoms with E-state index >= 15 is 0 Å². The summed E-state index contributed by atoms with van der Waals surface area (Å²) in [5, 5.41) is 0. The van der Waals surface area contributed by atoms with Crippen molar-refractivity contribution in [2.24, 2.45) is 5.92 Å². The van der Waals surface area contributed by atoms with Crippen molar-refractivity contribution >= 4 is 5.97 Å². The van der Waals surface area contributed by atoms with Gasteiger partial charge in [-0.3, -0.25) is 4.79 Å². The first-order valence-corrected chi connectivity index (χ1v) is 5.86. The standard InChI is InChI=1S/C13H22O2/c1-4-7-8-9-10-12(6-3)13(14)15-11-5-2/h2,12H,4,6-11H2,1,3H3. The second-order valence-electron chi connectivity index (χ2n) is 3.77. The number of hydrogen-bond acceptors (Lipinski definition) is 2. The zero-order valence-corrected chi connectivity index (χ0v) is 9.92. The van der Waals surface area contributed by atoms with E-state index in [1.165, 1.54) is 19.3 Å². The Hall–Kier alpha value is -0.970. The van der Waals surface area contributed by atoms with Crippen molar-refractivity contribution in [3.8, 4) is 12.3 Å². The molecule has 15 heavy (non-hydrogen) atoms. The fraction of sp³-hybridized carbons (Fsp3) is 0.769. The third kappa shape index (κ3) is 7.02. The van der Waals surface area contributed by atoms with Crippen LogP contribution in [0.1, 0.15) is 52.4 Å². The van der Waals surface area contributed by atoms with Crippen LogP contribution < -0.4 is 0 Å². The molecule has 1 atom stereocenters. The number of hydrogen-bond donors (Lipinski definition) is 0. The lowest BCUT2D eigenvalue weighted by atomic mass is 9.98. The molecule has 1 unspecified atom stereocenters. The van der Waals surface area contributed by atoms with E-state index in [0.717, 1.165) is 19.3 Å². The molecule has 86 valence electrons. The molecule has 0 radical (unpaired) electrons. The number of rotatable bonds is 8. The second kappa shape index (κ2) is 9.58. The highest BCUT2D eigenvalue weighted by molar-refractivity contribution is 5.72. The van der Waals surface area contributed by atoms with Gasteiger partial charge in [0, 0.05) is 0 Å². The maximum Gasteiger partial charge on any atom is 0.309 e.